The smallest absolute Gasteiger partial charge is 0.338 e. The molecule has 10 heteroatoms. The number of hydrogen-bond donors (Lipinski definition) is 1. The number of anilines is 1. The van der Waals surface area contributed by atoms with Gasteiger partial charge in [-0.15, -0.1) is 11.3 Å². The van der Waals surface area contributed by atoms with Crippen LogP contribution in [0.1, 0.15) is 40.3 Å². The van der Waals surface area contributed by atoms with E-state index in [-0.39, 0.29) is 30.3 Å². The van der Waals surface area contributed by atoms with Gasteiger partial charge in [0.25, 0.3) is 5.91 Å². The van der Waals surface area contributed by atoms with Crippen LogP contribution in [0.5, 0.6) is 0 Å². The second-order valence-corrected chi connectivity index (χ2v) is 10.3. The fourth-order valence-corrected chi connectivity index (χ4v) is 5.71. The molecule has 0 saturated carbocycles. The highest BCUT2D eigenvalue weighted by Crippen LogP contribution is 2.28. The Morgan fingerprint density at radius 3 is 2.56 bits per heavy atom. The molecule has 1 N–H and O–H groups in total. The molecule has 1 atom stereocenters. The highest BCUT2D eigenvalue weighted by molar-refractivity contribution is 7.16. The van der Waals surface area contributed by atoms with E-state index in [9.17, 15) is 18.8 Å². The van der Waals surface area contributed by atoms with Gasteiger partial charge in [-0.25, -0.2) is 14.0 Å². The Hall–Kier alpha value is -4.18. The van der Waals surface area contributed by atoms with Crippen molar-refractivity contribution in [2.75, 3.05) is 31.6 Å². The second kappa shape index (κ2) is 11.3. The van der Waals surface area contributed by atoms with Crippen LogP contribution in [-0.2, 0) is 11.3 Å². The molecular weight excluding hydrogens is 519 g/mol. The topological polar surface area (TPSA) is 83.9 Å². The van der Waals surface area contributed by atoms with E-state index < -0.39 is 5.97 Å². The van der Waals surface area contributed by atoms with E-state index >= 15 is 0 Å². The summed E-state index contributed by atoms with van der Waals surface area (Å²) in [4.78, 5) is 42.9. The van der Waals surface area contributed by atoms with Gasteiger partial charge in [-0.3, -0.25) is 4.79 Å². The molecule has 39 heavy (non-hydrogen) atoms. The Kier molecular flexibility index (Phi) is 7.65. The van der Waals surface area contributed by atoms with Crippen LogP contribution in [0, 0.1) is 5.82 Å². The van der Waals surface area contributed by atoms with Crippen molar-refractivity contribution in [3.05, 3.63) is 88.7 Å². The number of carbonyl (C=O) groups is 3. The van der Waals surface area contributed by atoms with Crippen LogP contribution in [0.2, 0.25) is 0 Å². The number of ether oxygens (including phenoxy) is 1. The average molecular weight is 549 g/mol. The van der Waals surface area contributed by atoms with Gasteiger partial charge in [0, 0.05) is 42.3 Å². The molecule has 1 fully saturated rings. The number of nitrogens with one attached hydrogen (secondary N) is 1. The minimum absolute atomic E-state index is 0.142. The summed E-state index contributed by atoms with van der Waals surface area (Å²) in [7, 11) is 0. The minimum atomic E-state index is -0.412. The third-order valence-corrected chi connectivity index (χ3v) is 7.78. The monoisotopic (exact) mass is 548 g/mol. The molecule has 2 aromatic heterocycles. The first-order valence-corrected chi connectivity index (χ1v) is 13.7. The largest absolute Gasteiger partial charge is 0.462 e. The lowest BCUT2D eigenvalue weighted by molar-refractivity contribution is 0.0525. The van der Waals surface area contributed by atoms with Crippen LogP contribution in [0.4, 0.5) is 14.9 Å². The zero-order valence-electron chi connectivity index (χ0n) is 21.7. The molecule has 0 spiro atoms. The number of piperazine rings is 1. The second-order valence-electron chi connectivity index (χ2n) is 9.41. The Morgan fingerprint density at radius 2 is 1.85 bits per heavy atom. The number of esters is 1. The Bertz CT molecular complexity index is 1510. The molecule has 0 radical (unpaired) electrons. The summed E-state index contributed by atoms with van der Waals surface area (Å²) >= 11 is 1.52. The Morgan fingerprint density at radius 1 is 1.08 bits per heavy atom. The van der Waals surface area contributed by atoms with E-state index in [1.54, 1.807) is 59.2 Å². The van der Waals surface area contributed by atoms with E-state index in [0.717, 1.165) is 10.2 Å². The molecule has 1 saturated heterocycles. The zero-order valence-corrected chi connectivity index (χ0v) is 22.5. The van der Waals surface area contributed by atoms with Gasteiger partial charge in [-0.1, -0.05) is 18.2 Å². The summed E-state index contributed by atoms with van der Waals surface area (Å²) in [6.45, 7) is 5.29. The lowest BCUT2D eigenvalue weighted by Gasteiger charge is -2.39. The van der Waals surface area contributed by atoms with Crippen molar-refractivity contribution in [3.63, 3.8) is 0 Å². The normalized spacial score (nSPS) is 15.4. The van der Waals surface area contributed by atoms with Crippen molar-refractivity contribution < 1.29 is 23.5 Å². The van der Waals surface area contributed by atoms with E-state index in [1.165, 1.54) is 17.4 Å². The molecule has 1 aliphatic heterocycles. The zero-order chi connectivity index (χ0) is 27.5. The first kappa shape index (κ1) is 26.4. The number of carbonyl (C=O) groups excluding carboxylic acids is 3. The van der Waals surface area contributed by atoms with Gasteiger partial charge in [0.1, 0.15) is 16.3 Å². The number of fused-ring (bicyclic) bond motifs is 1. The van der Waals surface area contributed by atoms with E-state index in [4.69, 9.17) is 4.74 Å². The molecule has 3 amide bonds. The lowest BCUT2D eigenvalue weighted by atomic mass is 10.1. The molecular formula is C29H29FN4O4S. The van der Waals surface area contributed by atoms with Gasteiger partial charge in [0.2, 0.25) is 0 Å². The van der Waals surface area contributed by atoms with Crippen molar-refractivity contribution in [2.45, 2.75) is 26.4 Å². The maximum Gasteiger partial charge on any atom is 0.338 e. The summed E-state index contributed by atoms with van der Waals surface area (Å²) < 4.78 is 21.3. The van der Waals surface area contributed by atoms with Crippen LogP contribution in [0.3, 0.4) is 0 Å². The van der Waals surface area contributed by atoms with Gasteiger partial charge < -0.3 is 24.4 Å². The molecule has 2 aromatic carbocycles. The van der Waals surface area contributed by atoms with E-state index in [0.29, 0.717) is 48.7 Å². The van der Waals surface area contributed by atoms with Gasteiger partial charge in [-0.2, -0.15) is 0 Å². The van der Waals surface area contributed by atoms with Crippen molar-refractivity contribution in [1.29, 1.82) is 0 Å². The molecule has 8 nitrogen and oxygen atoms in total. The fourth-order valence-electron chi connectivity index (χ4n) is 4.81. The number of aromatic nitrogens is 1. The molecule has 0 aliphatic carbocycles. The summed E-state index contributed by atoms with van der Waals surface area (Å²) in [5, 5.41) is 5.77. The fraction of sp³-hybridized carbons (Fsp3) is 0.276. The molecule has 5 rings (SSSR count). The summed E-state index contributed by atoms with van der Waals surface area (Å²) in [5.41, 5.74) is 1.99. The number of benzene rings is 2. The summed E-state index contributed by atoms with van der Waals surface area (Å²) in [6.07, 6.45) is 0. The number of hydrogen-bond acceptors (Lipinski definition) is 5. The highest BCUT2D eigenvalue weighted by Gasteiger charge is 2.32. The third kappa shape index (κ3) is 5.51. The standard InChI is InChI=1S/C29H29FN4O4S/c1-3-38-28(36)20-8-10-23(11-9-20)31-29(37)33-14-13-32(17-19(33)2)26(35)25-16-21-12-15-39-27(21)34(25)18-22-6-4-5-7-24(22)30/h4-12,15-16,19H,3,13-14,17-18H2,1-2H3,(H,31,37)/t19-/m0/s1. The minimum Gasteiger partial charge on any atom is -0.462 e. The third-order valence-electron chi connectivity index (χ3n) is 6.83. The summed E-state index contributed by atoms with van der Waals surface area (Å²) in [5.74, 6) is -0.862. The van der Waals surface area contributed by atoms with Crippen LogP contribution >= 0.6 is 11.3 Å². The molecule has 4 aromatic rings. The molecule has 0 bridgehead atoms. The first-order chi connectivity index (χ1) is 18.9. The molecule has 202 valence electrons. The predicted molar refractivity (Wildman–Crippen MR) is 149 cm³/mol. The van der Waals surface area contributed by atoms with Crippen LogP contribution in [0.25, 0.3) is 10.2 Å². The quantitative estimate of drug-likeness (QED) is 0.325. The average Bonchev–Trinajstić information content (AvgIpc) is 3.52. The van der Waals surface area contributed by atoms with Crippen molar-refractivity contribution in [1.82, 2.24) is 14.4 Å². The maximum absolute atomic E-state index is 14.4. The number of rotatable bonds is 6. The van der Waals surface area contributed by atoms with Gasteiger partial charge >= 0.3 is 12.0 Å². The number of amides is 3. The van der Waals surface area contributed by atoms with Crippen molar-refractivity contribution >= 4 is 45.1 Å². The SMILES string of the molecule is CCOC(=O)c1ccc(NC(=O)N2CCN(C(=O)c3cc4ccsc4n3Cc3ccccc3F)C[C@@H]2C)cc1. The maximum atomic E-state index is 14.4. The van der Waals surface area contributed by atoms with Crippen molar-refractivity contribution in [2.24, 2.45) is 0 Å². The van der Waals surface area contributed by atoms with Crippen LogP contribution in [0.15, 0.2) is 66.0 Å². The van der Waals surface area contributed by atoms with Gasteiger partial charge in [0.05, 0.1) is 18.7 Å². The van der Waals surface area contributed by atoms with Gasteiger partial charge in [-0.05, 0) is 61.7 Å². The predicted octanol–water partition coefficient (Wildman–Crippen LogP) is 5.45. The summed E-state index contributed by atoms with van der Waals surface area (Å²) in [6, 6.07) is 16.4. The Balaban J connectivity index is 1.26. The number of urea groups is 1. The van der Waals surface area contributed by atoms with Crippen molar-refractivity contribution in [3.8, 4) is 0 Å². The van der Waals surface area contributed by atoms with E-state index in [1.807, 2.05) is 29.0 Å². The number of nitrogens with zero attached hydrogens (tertiary/aromatic N) is 3. The first-order valence-electron chi connectivity index (χ1n) is 12.8. The molecule has 1 aliphatic rings. The highest BCUT2D eigenvalue weighted by atomic mass is 32.1. The Labute approximate surface area is 229 Å². The van der Waals surface area contributed by atoms with E-state index in [2.05, 4.69) is 5.32 Å². The van der Waals surface area contributed by atoms with Crippen LogP contribution in [-0.4, -0.2) is 64.6 Å². The molecule has 0 unspecified atom stereocenters. The van der Waals surface area contributed by atoms with Gasteiger partial charge in [0.15, 0.2) is 0 Å². The number of thiophene rings is 1. The van der Waals surface area contributed by atoms with Crippen LogP contribution < -0.4 is 5.32 Å². The molecule has 3 heterocycles. The lowest BCUT2D eigenvalue weighted by Crippen LogP contribution is -2.56. The number of halogens is 1.